The van der Waals surface area contributed by atoms with Crippen molar-refractivity contribution in [2.75, 3.05) is 24.3 Å². The number of benzene rings is 2. The molecule has 0 bridgehead atoms. The third kappa shape index (κ3) is 4.83. The molecular weight excluding hydrogens is 466 g/mol. The van der Waals surface area contributed by atoms with Crippen LogP contribution in [0.1, 0.15) is 28.8 Å². The van der Waals surface area contributed by atoms with Crippen molar-refractivity contribution in [2.45, 2.75) is 18.9 Å². The Morgan fingerprint density at radius 2 is 1.86 bits per heavy atom. The molecule has 4 aromatic rings. The number of nitrogens with zero attached hydrogens (tertiary/aromatic N) is 3. The van der Waals surface area contributed by atoms with Gasteiger partial charge >= 0.3 is 0 Å². The minimum Gasteiger partial charge on any atom is -0.457 e. The number of aromatic nitrogens is 3. The van der Waals surface area contributed by atoms with Crippen molar-refractivity contribution < 1.29 is 14.3 Å². The number of ether oxygens (including phenoxy) is 1. The van der Waals surface area contributed by atoms with E-state index in [1.165, 1.54) is 6.33 Å². The first-order valence-corrected chi connectivity index (χ1v) is 12.0. The van der Waals surface area contributed by atoms with Crippen molar-refractivity contribution in [1.29, 1.82) is 0 Å². The molecular formula is C26H24ClN5O3. The summed E-state index contributed by atoms with van der Waals surface area (Å²) >= 11 is 5.76. The van der Waals surface area contributed by atoms with Crippen molar-refractivity contribution in [2.24, 2.45) is 0 Å². The number of ketones is 1. The van der Waals surface area contributed by atoms with Gasteiger partial charge < -0.3 is 19.9 Å². The van der Waals surface area contributed by atoms with Crippen molar-refractivity contribution in [1.82, 2.24) is 19.9 Å². The Kier molecular flexibility index (Phi) is 6.63. The van der Waals surface area contributed by atoms with Gasteiger partial charge in [-0.05, 0) is 49.2 Å². The summed E-state index contributed by atoms with van der Waals surface area (Å²) in [7, 11) is 0. The van der Waals surface area contributed by atoms with Crippen LogP contribution in [0.25, 0.3) is 11.0 Å². The van der Waals surface area contributed by atoms with Crippen molar-refractivity contribution >= 4 is 40.1 Å². The van der Waals surface area contributed by atoms with Crippen LogP contribution in [-0.4, -0.2) is 56.6 Å². The molecule has 0 radical (unpaired) electrons. The van der Waals surface area contributed by atoms with E-state index < -0.39 is 0 Å². The van der Waals surface area contributed by atoms with Crippen LogP contribution >= 0.6 is 11.6 Å². The molecule has 9 heteroatoms. The number of H-pyrrole nitrogens is 1. The number of likely N-dealkylation sites (tertiary alicyclic amines) is 1. The van der Waals surface area contributed by atoms with Crippen molar-refractivity contribution in [3.05, 3.63) is 78.2 Å². The number of para-hydroxylation sites is 1. The molecule has 1 aliphatic heterocycles. The quantitative estimate of drug-likeness (QED) is 0.276. The molecule has 1 atom stereocenters. The van der Waals surface area contributed by atoms with E-state index in [1.807, 2.05) is 30.3 Å². The fourth-order valence-electron chi connectivity index (χ4n) is 4.40. The highest BCUT2D eigenvalue weighted by Crippen LogP contribution is 2.28. The first kappa shape index (κ1) is 22.9. The van der Waals surface area contributed by atoms with Crippen LogP contribution < -0.4 is 10.1 Å². The number of halogens is 1. The number of nitrogens with one attached hydrogen (secondary N) is 2. The van der Waals surface area contributed by atoms with Crippen molar-refractivity contribution in [3.63, 3.8) is 0 Å². The Morgan fingerprint density at radius 3 is 2.63 bits per heavy atom. The molecule has 3 heterocycles. The normalized spacial score (nSPS) is 15.3. The number of anilines is 1. The topological polar surface area (TPSA) is 100 Å². The molecule has 0 aliphatic carbocycles. The van der Waals surface area contributed by atoms with Gasteiger partial charge in [0, 0.05) is 30.9 Å². The highest BCUT2D eigenvalue weighted by Gasteiger charge is 2.28. The molecule has 1 saturated heterocycles. The number of alkyl halides is 1. The summed E-state index contributed by atoms with van der Waals surface area (Å²) in [6.45, 7) is 1.22. The van der Waals surface area contributed by atoms with E-state index in [4.69, 9.17) is 16.3 Å². The minimum absolute atomic E-state index is 0.0279. The number of carbonyl (C=O) groups excluding carboxylic acids is 2. The number of amides is 1. The molecule has 2 aromatic heterocycles. The number of carbonyl (C=O) groups is 2. The smallest absolute Gasteiger partial charge is 0.237 e. The molecule has 0 spiro atoms. The maximum Gasteiger partial charge on any atom is 0.237 e. The zero-order valence-corrected chi connectivity index (χ0v) is 19.7. The lowest BCUT2D eigenvalue weighted by molar-refractivity contribution is -0.129. The number of fused-ring (bicyclic) bond motifs is 1. The van der Waals surface area contributed by atoms with Gasteiger partial charge in [0.2, 0.25) is 5.91 Å². The maximum absolute atomic E-state index is 13.4. The minimum atomic E-state index is -0.153. The molecule has 5 rings (SSSR count). The predicted molar refractivity (Wildman–Crippen MR) is 134 cm³/mol. The van der Waals surface area contributed by atoms with E-state index in [2.05, 4.69) is 20.3 Å². The molecule has 8 nitrogen and oxygen atoms in total. The first-order valence-electron chi connectivity index (χ1n) is 11.4. The van der Waals surface area contributed by atoms with Crippen LogP contribution in [0.4, 0.5) is 5.82 Å². The summed E-state index contributed by atoms with van der Waals surface area (Å²) in [5.74, 6) is 1.67. The molecule has 1 unspecified atom stereocenters. The lowest BCUT2D eigenvalue weighted by atomic mass is 10.0. The van der Waals surface area contributed by atoms with E-state index in [1.54, 1.807) is 35.4 Å². The van der Waals surface area contributed by atoms with Crippen LogP contribution in [0.5, 0.6) is 11.5 Å². The first-order chi connectivity index (χ1) is 17.1. The van der Waals surface area contributed by atoms with E-state index in [-0.39, 0.29) is 23.6 Å². The summed E-state index contributed by atoms with van der Waals surface area (Å²) in [4.78, 5) is 39.0. The van der Waals surface area contributed by atoms with Gasteiger partial charge in [-0.2, -0.15) is 0 Å². The Labute approximate surface area is 207 Å². The molecule has 178 valence electrons. The van der Waals surface area contributed by atoms with Gasteiger partial charge in [0.15, 0.2) is 5.78 Å². The third-order valence-corrected chi connectivity index (χ3v) is 6.36. The second-order valence-corrected chi connectivity index (χ2v) is 8.58. The molecule has 2 N–H and O–H groups in total. The Bertz CT molecular complexity index is 1340. The fraction of sp³-hybridized carbons (Fsp3) is 0.231. The number of hydrogen-bond acceptors (Lipinski definition) is 6. The number of rotatable bonds is 8. The molecule has 0 saturated carbocycles. The lowest BCUT2D eigenvalue weighted by Crippen LogP contribution is -2.40. The number of aromatic amines is 1. The Balaban J connectivity index is 1.35. The van der Waals surface area contributed by atoms with E-state index >= 15 is 0 Å². The van der Waals surface area contributed by atoms with Crippen LogP contribution in [0.2, 0.25) is 0 Å². The monoisotopic (exact) mass is 489 g/mol. The van der Waals surface area contributed by atoms with E-state index in [9.17, 15) is 9.59 Å². The number of hydrogen-bond donors (Lipinski definition) is 2. The Morgan fingerprint density at radius 1 is 1.09 bits per heavy atom. The fourth-order valence-corrected chi connectivity index (χ4v) is 4.55. The molecule has 2 aromatic carbocycles. The van der Waals surface area contributed by atoms with E-state index in [0.29, 0.717) is 46.8 Å². The SMILES string of the molecule is O=C(c1ccc(Oc2ccccc2)cc1)c1c[nH]c2ncnc(NCC3CCCN3C(=O)CCl)c12. The summed E-state index contributed by atoms with van der Waals surface area (Å²) in [5, 5.41) is 3.95. The zero-order valence-electron chi connectivity index (χ0n) is 18.9. The summed E-state index contributed by atoms with van der Waals surface area (Å²) in [6.07, 6.45) is 4.92. The van der Waals surface area contributed by atoms with E-state index in [0.717, 1.165) is 18.6 Å². The lowest BCUT2D eigenvalue weighted by Gasteiger charge is -2.24. The third-order valence-electron chi connectivity index (χ3n) is 6.13. The molecule has 1 aliphatic rings. The molecule has 35 heavy (non-hydrogen) atoms. The largest absolute Gasteiger partial charge is 0.457 e. The van der Waals surface area contributed by atoms with Gasteiger partial charge in [-0.3, -0.25) is 9.59 Å². The van der Waals surface area contributed by atoms with Crippen molar-refractivity contribution in [3.8, 4) is 11.5 Å². The van der Waals surface area contributed by atoms with Crippen LogP contribution in [0, 0.1) is 0 Å². The van der Waals surface area contributed by atoms with Gasteiger partial charge in [-0.25, -0.2) is 9.97 Å². The van der Waals surface area contributed by atoms with Crippen LogP contribution in [0.15, 0.2) is 67.1 Å². The second kappa shape index (κ2) is 10.1. The van der Waals surface area contributed by atoms with Gasteiger partial charge in [-0.15, -0.1) is 11.6 Å². The van der Waals surface area contributed by atoms with Gasteiger partial charge in [0.05, 0.1) is 10.9 Å². The van der Waals surface area contributed by atoms with Gasteiger partial charge in [0.1, 0.15) is 35.2 Å². The zero-order chi connectivity index (χ0) is 24.2. The predicted octanol–water partition coefficient (Wildman–Crippen LogP) is 4.62. The highest BCUT2D eigenvalue weighted by atomic mass is 35.5. The summed E-state index contributed by atoms with van der Waals surface area (Å²) in [5.41, 5.74) is 1.56. The average Bonchev–Trinajstić information content (AvgIpc) is 3.55. The Hall–Kier alpha value is -3.91. The summed E-state index contributed by atoms with van der Waals surface area (Å²) < 4.78 is 5.82. The summed E-state index contributed by atoms with van der Waals surface area (Å²) in [6, 6.07) is 16.5. The van der Waals surface area contributed by atoms with Gasteiger partial charge in [0.25, 0.3) is 0 Å². The average molecular weight is 490 g/mol. The highest BCUT2D eigenvalue weighted by molar-refractivity contribution is 6.27. The standard InChI is InChI=1S/C26H24ClN5O3/c27-13-22(33)32-12-4-5-18(32)14-28-25-23-21(15-29-26(23)31-16-30-25)24(34)17-8-10-20(11-9-17)35-19-6-2-1-3-7-19/h1-3,6-11,15-16,18H,4-5,12-14H2,(H2,28,29,30,31). The molecule has 1 fully saturated rings. The molecule has 1 amide bonds. The van der Waals surface area contributed by atoms with Crippen LogP contribution in [0.3, 0.4) is 0 Å². The van der Waals surface area contributed by atoms with Crippen LogP contribution in [-0.2, 0) is 4.79 Å². The van der Waals surface area contributed by atoms with Gasteiger partial charge in [-0.1, -0.05) is 18.2 Å². The second-order valence-electron chi connectivity index (χ2n) is 8.31. The maximum atomic E-state index is 13.4.